The average Bonchev–Trinajstić information content (AvgIpc) is 2.91. The first-order chi connectivity index (χ1) is 9.86. The normalized spacial score (nSPS) is 17.9. The Morgan fingerprint density at radius 1 is 1.41 bits per heavy atom. The molecular formula is C15H20ClF3N2O. The molecule has 1 aliphatic rings. The van der Waals surface area contributed by atoms with Crippen LogP contribution in [0.5, 0.6) is 0 Å². The smallest absolute Gasteiger partial charge is 0.326 e. The molecule has 22 heavy (non-hydrogen) atoms. The van der Waals surface area contributed by atoms with E-state index in [1.54, 1.807) is 6.92 Å². The maximum absolute atomic E-state index is 12.7. The summed E-state index contributed by atoms with van der Waals surface area (Å²) in [5.41, 5.74) is 0.113. The van der Waals surface area contributed by atoms with E-state index in [9.17, 15) is 18.0 Å². The minimum Gasteiger partial charge on any atom is -0.326 e. The second-order valence-corrected chi connectivity index (χ2v) is 5.47. The van der Waals surface area contributed by atoms with Crippen molar-refractivity contribution < 1.29 is 18.0 Å². The topological polar surface area (TPSA) is 41.1 Å². The van der Waals surface area contributed by atoms with Gasteiger partial charge < -0.3 is 10.6 Å². The highest BCUT2D eigenvalue weighted by molar-refractivity contribution is 5.91. The van der Waals surface area contributed by atoms with Crippen LogP contribution in [0.25, 0.3) is 0 Å². The number of alkyl halides is 3. The van der Waals surface area contributed by atoms with Crippen molar-refractivity contribution in [1.82, 2.24) is 5.32 Å². The molecule has 2 rings (SSSR count). The van der Waals surface area contributed by atoms with Gasteiger partial charge in [-0.25, -0.2) is 0 Å². The van der Waals surface area contributed by atoms with Gasteiger partial charge in [0.2, 0.25) is 5.91 Å². The summed E-state index contributed by atoms with van der Waals surface area (Å²) >= 11 is 0. The molecule has 0 aliphatic carbocycles. The van der Waals surface area contributed by atoms with Crippen LogP contribution in [0.4, 0.5) is 18.9 Å². The van der Waals surface area contributed by atoms with Gasteiger partial charge in [0.15, 0.2) is 0 Å². The van der Waals surface area contributed by atoms with Crippen molar-refractivity contribution in [2.75, 3.05) is 18.4 Å². The molecular weight excluding hydrogens is 317 g/mol. The van der Waals surface area contributed by atoms with E-state index in [-0.39, 0.29) is 24.0 Å². The molecule has 0 bridgehead atoms. The van der Waals surface area contributed by atoms with E-state index < -0.39 is 11.7 Å². The van der Waals surface area contributed by atoms with Crippen LogP contribution in [-0.2, 0) is 11.0 Å². The van der Waals surface area contributed by atoms with Crippen molar-refractivity contribution in [3.63, 3.8) is 0 Å². The third kappa shape index (κ3) is 5.18. The van der Waals surface area contributed by atoms with Gasteiger partial charge in [0.25, 0.3) is 0 Å². The van der Waals surface area contributed by atoms with Crippen LogP contribution in [-0.4, -0.2) is 19.0 Å². The molecule has 0 spiro atoms. The number of benzene rings is 1. The minimum absolute atomic E-state index is 0. The fraction of sp³-hybridized carbons (Fsp3) is 0.533. The minimum atomic E-state index is -4.40. The molecule has 0 saturated carbocycles. The largest absolute Gasteiger partial charge is 0.416 e. The predicted octanol–water partition coefficient (Wildman–Crippen LogP) is 3.76. The van der Waals surface area contributed by atoms with Gasteiger partial charge in [-0.05, 0) is 56.5 Å². The lowest BCUT2D eigenvalue weighted by molar-refractivity contribution is -0.137. The Morgan fingerprint density at radius 3 is 2.73 bits per heavy atom. The van der Waals surface area contributed by atoms with Gasteiger partial charge in [0.05, 0.1) is 5.56 Å². The number of carbonyl (C=O) groups is 1. The summed E-state index contributed by atoms with van der Waals surface area (Å²) in [5, 5.41) is 5.81. The molecule has 1 atom stereocenters. The average molecular weight is 337 g/mol. The number of rotatable bonds is 4. The fourth-order valence-corrected chi connectivity index (χ4v) is 2.44. The van der Waals surface area contributed by atoms with Crippen LogP contribution in [0, 0.1) is 12.8 Å². The molecule has 1 aromatic rings. The van der Waals surface area contributed by atoms with Crippen molar-refractivity contribution >= 4 is 24.0 Å². The fourth-order valence-electron chi connectivity index (χ4n) is 2.44. The Hall–Kier alpha value is -1.27. The summed E-state index contributed by atoms with van der Waals surface area (Å²) < 4.78 is 38.0. The first-order valence-electron chi connectivity index (χ1n) is 7.04. The Morgan fingerprint density at radius 2 is 2.14 bits per heavy atom. The second kappa shape index (κ2) is 7.83. The second-order valence-electron chi connectivity index (χ2n) is 5.47. The molecule has 1 heterocycles. The van der Waals surface area contributed by atoms with Crippen LogP contribution in [0.1, 0.15) is 30.4 Å². The number of aryl methyl sites for hydroxylation is 1. The zero-order valence-electron chi connectivity index (χ0n) is 12.3. The third-order valence-electron chi connectivity index (χ3n) is 3.78. The Labute approximate surface area is 134 Å². The maximum atomic E-state index is 12.7. The standard InChI is InChI=1S/C15H19F3N2O.ClH/c1-10-2-4-12(15(16,17)18)8-13(10)20-14(21)5-3-11-6-7-19-9-11;/h2,4,8,11,19H,3,5-7,9H2,1H3,(H,20,21);1H. The van der Waals surface area contributed by atoms with Crippen LogP contribution in [0.15, 0.2) is 18.2 Å². The first kappa shape index (κ1) is 18.8. The SMILES string of the molecule is Cc1ccc(C(F)(F)F)cc1NC(=O)CCC1CCNC1.Cl. The van der Waals surface area contributed by atoms with E-state index in [1.807, 2.05) is 0 Å². The van der Waals surface area contributed by atoms with Gasteiger partial charge in [-0.2, -0.15) is 13.2 Å². The lowest BCUT2D eigenvalue weighted by Gasteiger charge is -2.13. The van der Waals surface area contributed by atoms with Crippen molar-refractivity contribution in [3.05, 3.63) is 29.3 Å². The summed E-state index contributed by atoms with van der Waals surface area (Å²) in [5.74, 6) is 0.252. The first-order valence-corrected chi connectivity index (χ1v) is 7.04. The zero-order valence-corrected chi connectivity index (χ0v) is 13.1. The molecule has 1 fully saturated rings. The molecule has 1 saturated heterocycles. The van der Waals surface area contributed by atoms with Crippen molar-refractivity contribution in [2.45, 2.75) is 32.4 Å². The van der Waals surface area contributed by atoms with Gasteiger partial charge in [-0.15, -0.1) is 12.4 Å². The molecule has 2 N–H and O–H groups in total. The van der Waals surface area contributed by atoms with E-state index in [2.05, 4.69) is 10.6 Å². The molecule has 1 aromatic carbocycles. The molecule has 1 unspecified atom stereocenters. The lowest BCUT2D eigenvalue weighted by atomic mass is 10.0. The summed E-state index contributed by atoms with van der Waals surface area (Å²) in [6.07, 6.45) is -2.25. The number of amides is 1. The number of anilines is 1. The zero-order chi connectivity index (χ0) is 15.5. The Bertz CT molecular complexity index is 514. The van der Waals surface area contributed by atoms with E-state index in [4.69, 9.17) is 0 Å². The highest BCUT2D eigenvalue weighted by atomic mass is 35.5. The van der Waals surface area contributed by atoms with E-state index in [0.29, 0.717) is 17.9 Å². The number of hydrogen-bond donors (Lipinski definition) is 2. The molecule has 124 valence electrons. The van der Waals surface area contributed by atoms with E-state index in [1.165, 1.54) is 6.07 Å². The predicted molar refractivity (Wildman–Crippen MR) is 82.3 cm³/mol. The highest BCUT2D eigenvalue weighted by Gasteiger charge is 2.30. The number of hydrogen-bond acceptors (Lipinski definition) is 2. The van der Waals surface area contributed by atoms with Gasteiger partial charge in [0.1, 0.15) is 0 Å². The van der Waals surface area contributed by atoms with Gasteiger partial charge in [-0.1, -0.05) is 6.07 Å². The molecule has 7 heteroatoms. The monoisotopic (exact) mass is 336 g/mol. The van der Waals surface area contributed by atoms with Crippen LogP contribution in [0.3, 0.4) is 0 Å². The van der Waals surface area contributed by atoms with Crippen LogP contribution in [0.2, 0.25) is 0 Å². The van der Waals surface area contributed by atoms with Crippen molar-refractivity contribution in [3.8, 4) is 0 Å². The van der Waals surface area contributed by atoms with Crippen molar-refractivity contribution in [1.29, 1.82) is 0 Å². The molecule has 0 aromatic heterocycles. The number of carbonyl (C=O) groups excluding carboxylic acids is 1. The summed E-state index contributed by atoms with van der Waals surface area (Å²) in [4.78, 5) is 11.9. The number of nitrogens with one attached hydrogen (secondary N) is 2. The van der Waals surface area contributed by atoms with Crippen LogP contribution >= 0.6 is 12.4 Å². The van der Waals surface area contributed by atoms with Crippen LogP contribution < -0.4 is 10.6 Å². The molecule has 1 amide bonds. The molecule has 1 aliphatic heterocycles. The highest BCUT2D eigenvalue weighted by Crippen LogP contribution is 2.32. The van der Waals surface area contributed by atoms with Gasteiger partial charge >= 0.3 is 6.18 Å². The number of halogens is 4. The summed E-state index contributed by atoms with van der Waals surface area (Å²) in [6.45, 7) is 3.56. The molecule has 0 radical (unpaired) electrons. The van der Waals surface area contributed by atoms with Gasteiger partial charge in [0, 0.05) is 12.1 Å². The Balaban J connectivity index is 0.00000242. The summed E-state index contributed by atoms with van der Waals surface area (Å²) in [6, 6.07) is 3.39. The van der Waals surface area contributed by atoms with Gasteiger partial charge in [-0.3, -0.25) is 4.79 Å². The lowest BCUT2D eigenvalue weighted by Crippen LogP contribution is -2.16. The maximum Gasteiger partial charge on any atom is 0.416 e. The van der Waals surface area contributed by atoms with E-state index in [0.717, 1.165) is 38.1 Å². The van der Waals surface area contributed by atoms with E-state index >= 15 is 0 Å². The summed E-state index contributed by atoms with van der Waals surface area (Å²) in [7, 11) is 0. The third-order valence-corrected chi connectivity index (χ3v) is 3.78. The van der Waals surface area contributed by atoms with Crippen molar-refractivity contribution in [2.24, 2.45) is 5.92 Å². The quantitative estimate of drug-likeness (QED) is 0.879. The Kier molecular flexibility index (Phi) is 6.68. The molecule has 3 nitrogen and oxygen atoms in total.